The van der Waals surface area contributed by atoms with Crippen molar-refractivity contribution in [3.8, 4) is 0 Å². The Labute approximate surface area is 210 Å². The van der Waals surface area contributed by atoms with Crippen LogP contribution in [0.15, 0.2) is 11.6 Å². The van der Waals surface area contributed by atoms with Gasteiger partial charge in [0, 0.05) is 5.41 Å². The first-order valence-corrected chi connectivity index (χ1v) is 12.3. The van der Waals surface area contributed by atoms with E-state index in [0.717, 1.165) is 0 Å². The second-order valence-electron chi connectivity index (χ2n) is 11.1. The molecule has 0 saturated carbocycles. The fourth-order valence-electron chi connectivity index (χ4n) is 5.25. The maximum absolute atomic E-state index is 11.4. The van der Waals surface area contributed by atoms with Crippen LogP contribution in [0.1, 0.15) is 47.0 Å². The molecule has 210 valence electrons. The molecule has 0 radical (unpaired) electrons. The van der Waals surface area contributed by atoms with Gasteiger partial charge in [0.1, 0.15) is 36.1 Å². The van der Waals surface area contributed by atoms with Crippen LogP contribution in [-0.4, -0.2) is 127 Å². The van der Waals surface area contributed by atoms with E-state index in [9.17, 15) is 40.9 Å². The molecule has 8 N–H and O–H groups in total. The van der Waals surface area contributed by atoms with Crippen LogP contribution in [0.4, 0.5) is 0 Å². The molecule has 2 saturated heterocycles. The van der Waals surface area contributed by atoms with Gasteiger partial charge in [-0.3, -0.25) is 0 Å². The first kappa shape index (κ1) is 29.8. The molecule has 1 aliphatic carbocycles. The minimum Gasteiger partial charge on any atom is -0.393 e. The van der Waals surface area contributed by atoms with Gasteiger partial charge in [-0.2, -0.15) is 0 Å². The predicted octanol–water partition coefficient (Wildman–Crippen LogP) is -2.10. The van der Waals surface area contributed by atoms with E-state index in [1.54, 1.807) is 19.9 Å². The van der Waals surface area contributed by atoms with E-state index in [4.69, 9.17) is 18.9 Å². The molecule has 2 fully saturated rings. The average Bonchev–Trinajstić information content (AvgIpc) is 3.09. The Morgan fingerprint density at radius 2 is 1.72 bits per heavy atom. The van der Waals surface area contributed by atoms with Crippen LogP contribution in [0.3, 0.4) is 0 Å². The van der Waals surface area contributed by atoms with Gasteiger partial charge < -0.3 is 59.8 Å². The van der Waals surface area contributed by atoms with E-state index in [2.05, 4.69) is 0 Å². The third-order valence-electron chi connectivity index (χ3n) is 7.89. The van der Waals surface area contributed by atoms with Gasteiger partial charge in [0.25, 0.3) is 0 Å². The van der Waals surface area contributed by atoms with E-state index in [1.165, 1.54) is 0 Å². The maximum Gasteiger partial charge on any atom is 0.186 e. The summed E-state index contributed by atoms with van der Waals surface area (Å²) < 4.78 is 22.0. The van der Waals surface area contributed by atoms with E-state index in [1.807, 2.05) is 13.8 Å². The summed E-state index contributed by atoms with van der Waals surface area (Å²) in [7, 11) is 0. The monoisotopic (exact) mass is 522 g/mol. The minimum atomic E-state index is -1.88. The lowest BCUT2D eigenvalue weighted by molar-refractivity contribution is -0.318. The zero-order valence-electron chi connectivity index (χ0n) is 21.2. The quantitative estimate of drug-likeness (QED) is 0.154. The van der Waals surface area contributed by atoms with Crippen molar-refractivity contribution in [1.29, 1.82) is 0 Å². The lowest BCUT2D eigenvalue weighted by Gasteiger charge is -2.48. The molecule has 3 rings (SSSR count). The van der Waals surface area contributed by atoms with Gasteiger partial charge in [0.2, 0.25) is 0 Å². The molecule has 0 bridgehead atoms. The van der Waals surface area contributed by atoms with Gasteiger partial charge in [-0.15, -0.1) is 0 Å². The highest BCUT2D eigenvalue weighted by Crippen LogP contribution is 2.47. The molecule has 0 aromatic heterocycles. The van der Waals surface area contributed by atoms with Crippen molar-refractivity contribution in [3.05, 3.63) is 11.6 Å². The highest BCUT2D eigenvalue weighted by Gasteiger charge is 2.51. The van der Waals surface area contributed by atoms with Gasteiger partial charge in [-0.25, -0.2) is 0 Å². The highest BCUT2D eigenvalue weighted by atomic mass is 16.7. The smallest absolute Gasteiger partial charge is 0.186 e. The van der Waals surface area contributed by atoms with Crippen molar-refractivity contribution >= 4 is 0 Å². The van der Waals surface area contributed by atoms with E-state index in [0.29, 0.717) is 24.8 Å². The molecule has 3 aliphatic rings. The van der Waals surface area contributed by atoms with Crippen molar-refractivity contribution in [2.75, 3.05) is 19.8 Å². The van der Waals surface area contributed by atoms with Crippen LogP contribution in [0.25, 0.3) is 0 Å². The van der Waals surface area contributed by atoms with Gasteiger partial charge >= 0.3 is 0 Å². The van der Waals surface area contributed by atoms with Crippen molar-refractivity contribution in [3.63, 3.8) is 0 Å². The lowest BCUT2D eigenvalue weighted by Crippen LogP contribution is -2.60. The van der Waals surface area contributed by atoms with Crippen LogP contribution < -0.4 is 0 Å². The second-order valence-corrected chi connectivity index (χ2v) is 11.1. The Bertz CT molecular complexity index is 776. The topological polar surface area (TPSA) is 199 Å². The molecular formula is C24H42O12. The molecule has 11 atom stereocenters. The van der Waals surface area contributed by atoms with Crippen molar-refractivity contribution in [1.82, 2.24) is 0 Å². The summed E-state index contributed by atoms with van der Waals surface area (Å²) in [5, 5.41) is 81.9. The Morgan fingerprint density at radius 3 is 2.31 bits per heavy atom. The van der Waals surface area contributed by atoms with Crippen molar-refractivity contribution in [2.45, 2.75) is 113 Å². The zero-order valence-corrected chi connectivity index (χ0v) is 21.2. The molecule has 1 unspecified atom stereocenters. The molecule has 0 aromatic carbocycles. The summed E-state index contributed by atoms with van der Waals surface area (Å²) in [5.74, 6) is 0. The number of rotatable bonds is 9. The molecule has 2 heterocycles. The third-order valence-corrected chi connectivity index (χ3v) is 7.89. The summed E-state index contributed by atoms with van der Waals surface area (Å²) in [6, 6.07) is 0. The Hall–Kier alpha value is -0.740. The van der Waals surface area contributed by atoms with Crippen LogP contribution in [0, 0.1) is 5.41 Å². The Morgan fingerprint density at radius 1 is 1.06 bits per heavy atom. The second kappa shape index (κ2) is 11.2. The molecule has 0 amide bonds. The normalized spacial score (nSPS) is 45.9. The molecule has 2 aliphatic heterocycles. The van der Waals surface area contributed by atoms with Crippen LogP contribution in [0.2, 0.25) is 0 Å². The number of aliphatic hydroxyl groups is 8. The molecular weight excluding hydrogens is 480 g/mol. The number of hydrogen-bond acceptors (Lipinski definition) is 12. The standard InChI is InChI=1S/C24H42O12/c1-12-7-14(26)8-22(3,4)24(12,32)6-5-13(2)35-20-18(29)17(28)16(27)15(36-20)9-33-21-19(30)23(31,10-25)11-34-21/h7,13-21,25-32H,5-6,8-11H2,1-4H3/t13?,14-,15+,16+,17-,18+,19+,20-,21-,23-,24-/m1/s1. The summed E-state index contributed by atoms with van der Waals surface area (Å²) >= 11 is 0. The Balaban J connectivity index is 1.58. The Kier molecular flexibility index (Phi) is 9.25. The summed E-state index contributed by atoms with van der Waals surface area (Å²) in [6.45, 7) is 5.82. The first-order chi connectivity index (χ1) is 16.6. The molecule has 0 aromatic rings. The van der Waals surface area contributed by atoms with E-state index < -0.39 is 78.5 Å². The van der Waals surface area contributed by atoms with Crippen LogP contribution >= 0.6 is 0 Å². The number of aliphatic hydroxyl groups excluding tert-OH is 6. The maximum atomic E-state index is 11.4. The SMILES string of the molecule is CC1=C[C@@H](O)CC(C)(C)[C@@]1(O)CCC(C)O[C@@H]1O[C@@H](CO[C@@H]2OC[C@](O)(CO)[C@H]2O)[C@H](O)[C@@H](O)[C@@H]1O. The van der Waals surface area contributed by atoms with Gasteiger partial charge in [0.15, 0.2) is 12.6 Å². The number of hydrogen-bond donors (Lipinski definition) is 8. The fraction of sp³-hybridized carbons (Fsp3) is 0.917. The minimum absolute atomic E-state index is 0.321. The average molecular weight is 523 g/mol. The third kappa shape index (κ3) is 5.80. The van der Waals surface area contributed by atoms with E-state index >= 15 is 0 Å². The first-order valence-electron chi connectivity index (χ1n) is 12.3. The summed E-state index contributed by atoms with van der Waals surface area (Å²) in [4.78, 5) is 0. The van der Waals surface area contributed by atoms with Crippen molar-refractivity contribution < 1.29 is 59.8 Å². The summed E-state index contributed by atoms with van der Waals surface area (Å²) in [5.41, 5.74) is -2.95. The van der Waals surface area contributed by atoms with Crippen LogP contribution in [-0.2, 0) is 18.9 Å². The largest absolute Gasteiger partial charge is 0.393 e. The predicted molar refractivity (Wildman–Crippen MR) is 123 cm³/mol. The zero-order chi connectivity index (χ0) is 27.1. The molecule has 12 heteroatoms. The highest BCUT2D eigenvalue weighted by molar-refractivity contribution is 5.25. The molecule has 36 heavy (non-hydrogen) atoms. The number of ether oxygens (including phenoxy) is 4. The van der Waals surface area contributed by atoms with Crippen molar-refractivity contribution in [2.24, 2.45) is 5.41 Å². The summed E-state index contributed by atoms with van der Waals surface area (Å²) in [6.07, 6.45) is -8.41. The fourth-order valence-corrected chi connectivity index (χ4v) is 5.25. The lowest BCUT2D eigenvalue weighted by atomic mass is 9.62. The van der Waals surface area contributed by atoms with Gasteiger partial charge in [0.05, 0.1) is 37.6 Å². The van der Waals surface area contributed by atoms with Crippen LogP contribution in [0.5, 0.6) is 0 Å². The van der Waals surface area contributed by atoms with E-state index in [-0.39, 0.29) is 13.2 Å². The van der Waals surface area contributed by atoms with Gasteiger partial charge in [-0.1, -0.05) is 19.9 Å². The molecule has 0 spiro atoms. The molecule has 12 nitrogen and oxygen atoms in total. The van der Waals surface area contributed by atoms with Gasteiger partial charge in [-0.05, 0) is 38.7 Å².